The summed E-state index contributed by atoms with van der Waals surface area (Å²) in [4.78, 5) is 12.5. The quantitative estimate of drug-likeness (QED) is 0.351. The van der Waals surface area contributed by atoms with Crippen molar-refractivity contribution in [3.05, 3.63) is 99.3 Å². The van der Waals surface area contributed by atoms with E-state index < -0.39 is 5.91 Å². The van der Waals surface area contributed by atoms with E-state index in [0.717, 1.165) is 11.3 Å². The van der Waals surface area contributed by atoms with Crippen molar-refractivity contribution < 1.29 is 18.3 Å². The van der Waals surface area contributed by atoms with Gasteiger partial charge >= 0.3 is 0 Å². The molecule has 0 saturated carbocycles. The van der Waals surface area contributed by atoms with Gasteiger partial charge in [0.1, 0.15) is 23.9 Å². The number of furan rings is 1. The third kappa shape index (κ3) is 5.30. The molecule has 6 nitrogen and oxygen atoms in total. The number of carbonyl (C=O) groups is 1. The monoisotopic (exact) mass is 473 g/mol. The van der Waals surface area contributed by atoms with Gasteiger partial charge in [0.25, 0.3) is 5.91 Å². The van der Waals surface area contributed by atoms with Gasteiger partial charge in [-0.05, 0) is 61.0 Å². The Hall–Kier alpha value is -3.29. The average Bonchev–Trinajstić information content (AvgIpc) is 3.37. The van der Waals surface area contributed by atoms with Crippen LogP contribution in [0.1, 0.15) is 27.6 Å². The molecule has 0 fully saturated rings. The van der Waals surface area contributed by atoms with Crippen LogP contribution in [0.2, 0.25) is 10.0 Å². The van der Waals surface area contributed by atoms with E-state index in [1.807, 2.05) is 13.0 Å². The number of rotatable bonds is 7. The predicted octanol–water partition coefficient (Wildman–Crippen LogP) is 6.11. The Morgan fingerprint density at radius 3 is 2.62 bits per heavy atom. The Kier molecular flexibility index (Phi) is 6.48. The third-order valence-corrected chi connectivity index (χ3v) is 5.36. The maximum atomic E-state index is 13.0. The number of amides is 1. The van der Waals surface area contributed by atoms with Crippen LogP contribution in [0.15, 0.2) is 65.1 Å². The fraction of sp³-hybridized carbons (Fsp3) is 0.130. The fourth-order valence-electron chi connectivity index (χ4n) is 2.98. The van der Waals surface area contributed by atoms with Crippen molar-refractivity contribution in [3.8, 4) is 5.75 Å². The number of halogens is 3. The van der Waals surface area contributed by atoms with Gasteiger partial charge in [-0.15, -0.1) is 0 Å². The van der Waals surface area contributed by atoms with Crippen molar-refractivity contribution >= 4 is 34.9 Å². The van der Waals surface area contributed by atoms with E-state index in [2.05, 4.69) is 10.4 Å². The Labute approximate surface area is 193 Å². The third-order valence-electron chi connectivity index (χ3n) is 4.62. The minimum atomic E-state index is -0.433. The van der Waals surface area contributed by atoms with E-state index in [9.17, 15) is 9.18 Å². The lowest BCUT2D eigenvalue weighted by Gasteiger charge is -2.06. The number of hydrogen-bond acceptors (Lipinski definition) is 4. The number of carbonyl (C=O) groups excluding carboxylic acids is 1. The predicted molar refractivity (Wildman–Crippen MR) is 120 cm³/mol. The first kappa shape index (κ1) is 21.9. The van der Waals surface area contributed by atoms with E-state index in [1.165, 1.54) is 24.3 Å². The summed E-state index contributed by atoms with van der Waals surface area (Å²) < 4.78 is 25.8. The van der Waals surface area contributed by atoms with Crippen LogP contribution < -0.4 is 10.1 Å². The van der Waals surface area contributed by atoms with Gasteiger partial charge in [-0.25, -0.2) is 4.39 Å². The van der Waals surface area contributed by atoms with Crippen molar-refractivity contribution in [1.82, 2.24) is 9.78 Å². The molecule has 0 unspecified atom stereocenters. The number of nitrogens with one attached hydrogen (secondary N) is 1. The first-order chi connectivity index (χ1) is 15.4. The SMILES string of the molecule is Cc1cc(NC(=O)c2ccc(COc3ccc(F)cc3)o2)nn1Cc1ccc(Cl)c(Cl)c1. The second kappa shape index (κ2) is 9.46. The number of ether oxygens (including phenoxy) is 1. The summed E-state index contributed by atoms with van der Waals surface area (Å²) in [5.74, 6) is 0.700. The molecule has 2 aromatic carbocycles. The lowest BCUT2D eigenvalue weighted by Crippen LogP contribution is -2.12. The summed E-state index contributed by atoms with van der Waals surface area (Å²) in [5.41, 5.74) is 1.79. The summed E-state index contributed by atoms with van der Waals surface area (Å²) in [7, 11) is 0. The molecule has 9 heteroatoms. The number of hydrogen-bond donors (Lipinski definition) is 1. The molecule has 0 saturated heterocycles. The molecule has 0 atom stereocenters. The highest BCUT2D eigenvalue weighted by Gasteiger charge is 2.15. The second-order valence-electron chi connectivity index (χ2n) is 7.04. The van der Waals surface area contributed by atoms with Gasteiger partial charge in [-0.1, -0.05) is 29.3 Å². The zero-order valence-corrected chi connectivity index (χ0v) is 18.5. The van der Waals surface area contributed by atoms with Gasteiger partial charge in [0.2, 0.25) is 0 Å². The molecule has 4 rings (SSSR count). The van der Waals surface area contributed by atoms with Gasteiger partial charge < -0.3 is 14.5 Å². The molecule has 0 aliphatic rings. The standard InChI is InChI=1S/C23H18Cl2FN3O3/c1-14-10-22(28-29(14)12-15-2-8-19(24)20(25)11-15)27-23(30)21-9-7-18(32-21)13-31-17-5-3-16(26)4-6-17/h2-11H,12-13H2,1H3,(H,27,28,30). The van der Waals surface area contributed by atoms with Crippen molar-refractivity contribution in [2.75, 3.05) is 5.32 Å². The zero-order valence-electron chi connectivity index (χ0n) is 16.9. The number of nitrogens with zero attached hydrogens (tertiary/aromatic N) is 2. The molecule has 0 aliphatic carbocycles. The second-order valence-corrected chi connectivity index (χ2v) is 7.85. The Morgan fingerprint density at radius 2 is 1.88 bits per heavy atom. The maximum Gasteiger partial charge on any atom is 0.292 e. The molecule has 2 aromatic heterocycles. The van der Waals surface area contributed by atoms with Gasteiger partial charge in [0.05, 0.1) is 16.6 Å². The molecular weight excluding hydrogens is 456 g/mol. The summed E-state index contributed by atoms with van der Waals surface area (Å²) in [6, 6.07) is 16.0. The number of aromatic nitrogens is 2. The van der Waals surface area contributed by atoms with Crippen LogP contribution in [0, 0.1) is 12.7 Å². The van der Waals surface area contributed by atoms with Crippen LogP contribution in [-0.2, 0) is 13.2 Å². The molecule has 2 heterocycles. The Balaban J connectivity index is 1.37. The largest absolute Gasteiger partial charge is 0.486 e. The molecule has 0 spiro atoms. The Morgan fingerprint density at radius 1 is 1.09 bits per heavy atom. The van der Waals surface area contributed by atoms with Gasteiger partial charge in [0, 0.05) is 11.8 Å². The van der Waals surface area contributed by atoms with E-state index in [1.54, 1.807) is 35.0 Å². The minimum Gasteiger partial charge on any atom is -0.486 e. The van der Waals surface area contributed by atoms with Crippen LogP contribution >= 0.6 is 23.2 Å². The highest BCUT2D eigenvalue weighted by molar-refractivity contribution is 6.42. The molecular formula is C23H18Cl2FN3O3. The molecule has 0 radical (unpaired) electrons. The molecule has 164 valence electrons. The molecule has 0 aliphatic heterocycles. The first-order valence-corrected chi connectivity index (χ1v) is 10.4. The summed E-state index contributed by atoms with van der Waals surface area (Å²) in [6.07, 6.45) is 0. The first-order valence-electron chi connectivity index (χ1n) is 9.64. The minimum absolute atomic E-state index is 0.107. The van der Waals surface area contributed by atoms with E-state index in [4.69, 9.17) is 32.4 Å². The highest BCUT2D eigenvalue weighted by atomic mass is 35.5. The fourth-order valence-corrected chi connectivity index (χ4v) is 3.30. The molecule has 32 heavy (non-hydrogen) atoms. The van der Waals surface area contributed by atoms with Crippen molar-refractivity contribution in [3.63, 3.8) is 0 Å². The Bertz CT molecular complexity index is 1250. The summed E-state index contributed by atoms with van der Waals surface area (Å²) in [6.45, 7) is 2.47. The van der Waals surface area contributed by atoms with Gasteiger partial charge in [-0.3, -0.25) is 9.48 Å². The van der Waals surface area contributed by atoms with Crippen LogP contribution in [0.5, 0.6) is 5.75 Å². The molecule has 0 bridgehead atoms. The van der Waals surface area contributed by atoms with Crippen LogP contribution in [-0.4, -0.2) is 15.7 Å². The van der Waals surface area contributed by atoms with Gasteiger partial charge in [-0.2, -0.15) is 5.10 Å². The van der Waals surface area contributed by atoms with Crippen molar-refractivity contribution in [1.29, 1.82) is 0 Å². The number of aryl methyl sites for hydroxylation is 1. The van der Waals surface area contributed by atoms with E-state index >= 15 is 0 Å². The van der Waals surface area contributed by atoms with Crippen molar-refractivity contribution in [2.45, 2.75) is 20.1 Å². The maximum absolute atomic E-state index is 13.0. The van der Waals surface area contributed by atoms with E-state index in [-0.39, 0.29) is 18.2 Å². The lowest BCUT2D eigenvalue weighted by atomic mass is 10.2. The molecule has 1 N–H and O–H groups in total. The summed E-state index contributed by atoms with van der Waals surface area (Å²) >= 11 is 12.0. The number of anilines is 1. The lowest BCUT2D eigenvalue weighted by molar-refractivity contribution is 0.0992. The average molecular weight is 474 g/mol. The number of benzene rings is 2. The topological polar surface area (TPSA) is 69.3 Å². The van der Waals surface area contributed by atoms with Crippen LogP contribution in [0.3, 0.4) is 0 Å². The summed E-state index contributed by atoms with van der Waals surface area (Å²) in [5, 5.41) is 8.11. The van der Waals surface area contributed by atoms with Gasteiger partial charge in [0.15, 0.2) is 11.6 Å². The van der Waals surface area contributed by atoms with E-state index in [0.29, 0.717) is 33.9 Å². The smallest absolute Gasteiger partial charge is 0.292 e. The van der Waals surface area contributed by atoms with Crippen molar-refractivity contribution in [2.24, 2.45) is 0 Å². The molecule has 4 aromatic rings. The zero-order chi connectivity index (χ0) is 22.7. The van der Waals surface area contributed by atoms with Crippen LogP contribution in [0.4, 0.5) is 10.2 Å². The normalized spacial score (nSPS) is 10.9. The highest BCUT2D eigenvalue weighted by Crippen LogP contribution is 2.23. The molecule has 1 amide bonds. The van der Waals surface area contributed by atoms with Crippen LogP contribution in [0.25, 0.3) is 0 Å².